The van der Waals surface area contributed by atoms with E-state index in [1.807, 2.05) is 20.8 Å². The number of hydrogen-bond donors (Lipinski definition) is 3. The standard InChI is InChI=1S/C28H40BrN3O5S/c1-7-37-17-10-8-16(9-11-17)30-23(34)19-20-25(36)32(12-13-33)22(28(20)14-18(29)21(19)38-28)24(35)31-27(5,6)15-26(2,3)4/h8-11,18-22,33H,7,12-15H2,1-6H3,(H,30,34)(H,31,35)/t18?,19-,20+,21-,22?,28?/m1/s1. The monoisotopic (exact) mass is 609 g/mol. The Bertz CT molecular complexity index is 1080. The first-order valence-electron chi connectivity index (χ1n) is 13.3. The number of fused-ring (bicyclic) bond motifs is 1. The van der Waals surface area contributed by atoms with E-state index in [2.05, 4.69) is 47.3 Å². The minimum Gasteiger partial charge on any atom is -0.494 e. The van der Waals surface area contributed by atoms with Gasteiger partial charge in [-0.25, -0.2) is 0 Å². The van der Waals surface area contributed by atoms with Crippen molar-refractivity contribution in [1.82, 2.24) is 10.2 Å². The van der Waals surface area contributed by atoms with Gasteiger partial charge in [-0.05, 0) is 63.3 Å². The first kappa shape index (κ1) is 29.2. The molecule has 3 heterocycles. The zero-order valence-electron chi connectivity index (χ0n) is 23.0. The van der Waals surface area contributed by atoms with Crippen LogP contribution in [0.15, 0.2) is 24.3 Å². The van der Waals surface area contributed by atoms with Gasteiger partial charge >= 0.3 is 0 Å². The van der Waals surface area contributed by atoms with Gasteiger partial charge in [0.15, 0.2) is 0 Å². The summed E-state index contributed by atoms with van der Waals surface area (Å²) in [5, 5.41) is 15.9. The molecule has 210 valence electrons. The Hall–Kier alpha value is -1.78. The maximum Gasteiger partial charge on any atom is 0.244 e. The van der Waals surface area contributed by atoms with Gasteiger partial charge in [-0.3, -0.25) is 14.4 Å². The van der Waals surface area contributed by atoms with Gasteiger partial charge in [0.2, 0.25) is 17.7 Å². The first-order valence-corrected chi connectivity index (χ1v) is 15.1. The fraction of sp³-hybridized carbons (Fsp3) is 0.679. The Kier molecular flexibility index (Phi) is 8.19. The highest BCUT2D eigenvalue weighted by atomic mass is 79.9. The SMILES string of the molecule is CCOc1ccc(NC(=O)[C@H]2[C@@H]3SC4(CC3Br)C(C(=O)NC(C)(C)CC(C)(C)C)N(CCO)C(=O)[C@H]24)cc1. The van der Waals surface area contributed by atoms with Crippen LogP contribution in [0.5, 0.6) is 5.75 Å². The van der Waals surface area contributed by atoms with Crippen LogP contribution in [0, 0.1) is 17.3 Å². The average Bonchev–Trinajstić information content (AvgIpc) is 3.37. The van der Waals surface area contributed by atoms with Crippen LogP contribution >= 0.6 is 27.7 Å². The Morgan fingerprint density at radius 1 is 1.18 bits per heavy atom. The van der Waals surface area contributed by atoms with Crippen molar-refractivity contribution in [3.8, 4) is 5.75 Å². The molecular weight excluding hydrogens is 570 g/mol. The summed E-state index contributed by atoms with van der Waals surface area (Å²) < 4.78 is 4.75. The highest BCUT2D eigenvalue weighted by Gasteiger charge is 2.75. The molecule has 6 atom stereocenters. The molecule has 0 radical (unpaired) electrons. The molecule has 3 unspecified atom stereocenters. The zero-order chi connectivity index (χ0) is 28.0. The number of β-amino-alcohol motifs (C(OH)–C–C–N with tert-alkyl or cyclic N) is 1. The van der Waals surface area contributed by atoms with Crippen molar-refractivity contribution in [3.63, 3.8) is 0 Å². The lowest BCUT2D eigenvalue weighted by molar-refractivity contribution is -0.139. The lowest BCUT2D eigenvalue weighted by Crippen LogP contribution is -2.58. The number of likely N-dealkylation sites (tertiary alicyclic amines) is 1. The number of nitrogens with one attached hydrogen (secondary N) is 2. The Labute approximate surface area is 238 Å². The summed E-state index contributed by atoms with van der Waals surface area (Å²) in [6.07, 6.45) is 1.36. The van der Waals surface area contributed by atoms with Crippen molar-refractivity contribution in [1.29, 1.82) is 0 Å². The quantitative estimate of drug-likeness (QED) is 0.367. The number of carbonyl (C=O) groups is 3. The van der Waals surface area contributed by atoms with Crippen LogP contribution in [0.1, 0.15) is 54.4 Å². The number of nitrogens with zero attached hydrogens (tertiary/aromatic N) is 1. The normalized spacial score (nSPS) is 30.4. The molecule has 1 spiro atoms. The third-order valence-electron chi connectivity index (χ3n) is 7.55. The lowest BCUT2D eigenvalue weighted by atomic mass is 9.70. The number of benzene rings is 1. The largest absolute Gasteiger partial charge is 0.494 e. The number of aliphatic hydroxyl groups excluding tert-OH is 1. The van der Waals surface area contributed by atoms with E-state index in [9.17, 15) is 19.5 Å². The van der Waals surface area contributed by atoms with E-state index in [1.165, 1.54) is 4.90 Å². The minimum atomic E-state index is -0.760. The molecule has 8 nitrogen and oxygen atoms in total. The van der Waals surface area contributed by atoms with Gasteiger partial charge in [-0.15, -0.1) is 11.8 Å². The predicted octanol–water partition coefficient (Wildman–Crippen LogP) is 3.81. The molecule has 1 aromatic carbocycles. The highest BCUT2D eigenvalue weighted by Crippen LogP contribution is 2.67. The van der Waals surface area contributed by atoms with Crippen LogP contribution in [0.3, 0.4) is 0 Å². The summed E-state index contributed by atoms with van der Waals surface area (Å²) in [5.41, 5.74) is 0.138. The summed E-state index contributed by atoms with van der Waals surface area (Å²) in [7, 11) is 0. The molecule has 1 aromatic rings. The number of anilines is 1. The van der Waals surface area contributed by atoms with Crippen molar-refractivity contribution < 1.29 is 24.2 Å². The number of hydrogen-bond acceptors (Lipinski definition) is 6. The van der Waals surface area contributed by atoms with E-state index in [1.54, 1.807) is 36.0 Å². The van der Waals surface area contributed by atoms with Crippen molar-refractivity contribution in [2.24, 2.45) is 17.3 Å². The van der Waals surface area contributed by atoms with Crippen LogP contribution in [0.4, 0.5) is 5.69 Å². The number of carbonyl (C=O) groups excluding carboxylic acids is 3. The van der Waals surface area contributed by atoms with Crippen molar-refractivity contribution in [3.05, 3.63) is 24.3 Å². The van der Waals surface area contributed by atoms with E-state index in [4.69, 9.17) is 4.74 Å². The first-order chi connectivity index (χ1) is 17.7. The molecule has 3 amide bonds. The van der Waals surface area contributed by atoms with E-state index in [0.29, 0.717) is 24.5 Å². The van der Waals surface area contributed by atoms with Crippen LogP contribution < -0.4 is 15.4 Å². The van der Waals surface area contributed by atoms with E-state index in [-0.39, 0.29) is 46.4 Å². The van der Waals surface area contributed by atoms with Gasteiger partial charge in [0.1, 0.15) is 11.8 Å². The zero-order valence-corrected chi connectivity index (χ0v) is 25.4. The van der Waals surface area contributed by atoms with Crippen molar-refractivity contribution in [2.45, 2.75) is 80.8 Å². The van der Waals surface area contributed by atoms with E-state index in [0.717, 1.165) is 6.42 Å². The van der Waals surface area contributed by atoms with Crippen LogP contribution in [-0.2, 0) is 14.4 Å². The third kappa shape index (κ3) is 5.45. The molecular formula is C28H40BrN3O5S. The molecule has 3 fully saturated rings. The molecule has 3 aliphatic heterocycles. The average molecular weight is 611 g/mol. The molecule has 3 N–H and O–H groups in total. The molecule has 0 saturated carbocycles. The summed E-state index contributed by atoms with van der Waals surface area (Å²) in [6.45, 7) is 12.7. The van der Waals surface area contributed by atoms with Crippen molar-refractivity contribution >= 4 is 51.1 Å². The van der Waals surface area contributed by atoms with E-state index < -0.39 is 28.2 Å². The van der Waals surface area contributed by atoms with Gasteiger partial charge in [0.25, 0.3) is 0 Å². The third-order valence-corrected chi connectivity index (χ3v) is 10.8. The number of amides is 3. The number of aliphatic hydroxyl groups is 1. The molecule has 4 rings (SSSR count). The van der Waals surface area contributed by atoms with Crippen LogP contribution in [-0.4, -0.2) is 73.9 Å². The van der Waals surface area contributed by atoms with Gasteiger partial charge in [-0.2, -0.15) is 0 Å². The second-order valence-corrected chi connectivity index (χ2v) is 15.2. The second kappa shape index (κ2) is 10.7. The highest BCUT2D eigenvalue weighted by molar-refractivity contribution is 9.09. The minimum absolute atomic E-state index is 0.000546. The molecule has 3 saturated heterocycles. The van der Waals surface area contributed by atoms with Crippen molar-refractivity contribution in [2.75, 3.05) is 25.1 Å². The fourth-order valence-corrected chi connectivity index (χ4v) is 10.5. The van der Waals surface area contributed by atoms with Crippen LogP contribution in [0.2, 0.25) is 0 Å². The molecule has 3 aliphatic rings. The molecule has 0 aromatic heterocycles. The number of ether oxygens (including phenoxy) is 1. The van der Waals surface area contributed by atoms with Crippen LogP contribution in [0.25, 0.3) is 0 Å². The molecule has 10 heteroatoms. The summed E-state index contributed by atoms with van der Waals surface area (Å²) >= 11 is 5.37. The van der Waals surface area contributed by atoms with Gasteiger partial charge in [0, 0.05) is 27.8 Å². The Morgan fingerprint density at radius 3 is 2.42 bits per heavy atom. The number of halogens is 1. The number of thioether (sulfide) groups is 1. The van der Waals surface area contributed by atoms with Gasteiger partial charge in [-0.1, -0.05) is 36.7 Å². The maximum absolute atomic E-state index is 13.9. The lowest BCUT2D eigenvalue weighted by Gasteiger charge is -2.39. The maximum atomic E-state index is 13.9. The second-order valence-electron chi connectivity index (χ2n) is 12.5. The summed E-state index contributed by atoms with van der Waals surface area (Å²) in [4.78, 5) is 43.0. The van der Waals surface area contributed by atoms with Gasteiger partial charge in [0.05, 0.1) is 29.8 Å². The van der Waals surface area contributed by atoms with Gasteiger partial charge < -0.3 is 25.4 Å². The molecule has 0 aliphatic carbocycles. The topological polar surface area (TPSA) is 108 Å². The Morgan fingerprint density at radius 2 is 1.84 bits per heavy atom. The summed E-state index contributed by atoms with van der Waals surface area (Å²) in [6, 6.07) is 6.41. The molecule has 2 bridgehead atoms. The number of alkyl halides is 1. The fourth-order valence-electron chi connectivity index (χ4n) is 6.88. The smallest absolute Gasteiger partial charge is 0.244 e. The summed E-state index contributed by atoms with van der Waals surface area (Å²) in [5.74, 6) is -1.19. The Balaban J connectivity index is 1.62. The molecule has 38 heavy (non-hydrogen) atoms. The van der Waals surface area contributed by atoms with E-state index >= 15 is 0 Å². The predicted molar refractivity (Wildman–Crippen MR) is 154 cm³/mol. The number of rotatable bonds is 9.